The van der Waals surface area contributed by atoms with Crippen LogP contribution in [0.4, 0.5) is 4.39 Å². The predicted molar refractivity (Wildman–Crippen MR) is 95.5 cm³/mol. The van der Waals surface area contributed by atoms with E-state index in [1.165, 1.54) is 12.8 Å². The molecule has 0 aliphatic carbocycles. The van der Waals surface area contributed by atoms with Crippen LogP contribution in [-0.2, 0) is 24.3 Å². The van der Waals surface area contributed by atoms with Crippen LogP contribution in [0.15, 0.2) is 36.7 Å². The van der Waals surface area contributed by atoms with Gasteiger partial charge in [-0.05, 0) is 49.8 Å². The molecule has 1 aromatic heterocycles. The maximum atomic E-state index is 13.8. The number of benzene rings is 1. The molecule has 0 spiro atoms. The van der Waals surface area contributed by atoms with Gasteiger partial charge in [-0.2, -0.15) is 0 Å². The van der Waals surface area contributed by atoms with Gasteiger partial charge in [0.15, 0.2) is 5.82 Å². The molecule has 2 aromatic rings. The number of ether oxygens (including phenoxy) is 1. The van der Waals surface area contributed by atoms with Crippen molar-refractivity contribution in [1.29, 1.82) is 0 Å². The fourth-order valence-electron chi connectivity index (χ4n) is 3.52. The number of likely N-dealkylation sites (tertiary alicyclic amines) is 1. The number of rotatable bonds is 7. The highest BCUT2D eigenvalue weighted by Crippen LogP contribution is 2.23. The summed E-state index contributed by atoms with van der Waals surface area (Å²) in [5.41, 5.74) is 1.97. The van der Waals surface area contributed by atoms with Crippen molar-refractivity contribution in [3.8, 4) is 0 Å². The average Bonchev–Trinajstić information content (AvgIpc) is 2.63. The van der Waals surface area contributed by atoms with Crippen molar-refractivity contribution in [2.75, 3.05) is 20.2 Å². The Morgan fingerprint density at radius 2 is 2.04 bits per heavy atom. The maximum absolute atomic E-state index is 13.8. The van der Waals surface area contributed by atoms with Crippen LogP contribution in [0.5, 0.6) is 0 Å². The summed E-state index contributed by atoms with van der Waals surface area (Å²) in [5, 5.41) is 0. The van der Waals surface area contributed by atoms with Gasteiger partial charge in [0.2, 0.25) is 0 Å². The monoisotopic (exact) mass is 343 g/mol. The average molecular weight is 343 g/mol. The van der Waals surface area contributed by atoms with Crippen LogP contribution in [0.25, 0.3) is 0 Å². The molecular formula is C20H26FN3O. The maximum Gasteiger partial charge on any atom is 0.153 e. The van der Waals surface area contributed by atoms with E-state index in [1.54, 1.807) is 19.2 Å². The molecule has 0 saturated carbocycles. The summed E-state index contributed by atoms with van der Waals surface area (Å²) in [7, 11) is 1.65. The predicted octanol–water partition coefficient (Wildman–Crippen LogP) is 3.61. The second-order valence-electron chi connectivity index (χ2n) is 6.81. The van der Waals surface area contributed by atoms with Crippen molar-refractivity contribution >= 4 is 0 Å². The molecule has 1 aliphatic rings. The zero-order valence-electron chi connectivity index (χ0n) is 14.8. The molecular weight excluding hydrogens is 317 g/mol. The van der Waals surface area contributed by atoms with Crippen molar-refractivity contribution in [2.24, 2.45) is 5.92 Å². The summed E-state index contributed by atoms with van der Waals surface area (Å²) >= 11 is 0. The van der Waals surface area contributed by atoms with E-state index < -0.39 is 0 Å². The van der Waals surface area contributed by atoms with Crippen LogP contribution in [0, 0.1) is 11.7 Å². The Bertz CT molecular complexity index is 662. The van der Waals surface area contributed by atoms with E-state index in [0.29, 0.717) is 18.3 Å². The van der Waals surface area contributed by atoms with E-state index in [2.05, 4.69) is 14.9 Å². The molecule has 1 saturated heterocycles. The van der Waals surface area contributed by atoms with Crippen LogP contribution in [0.2, 0.25) is 0 Å². The number of methoxy groups -OCH3 is 1. The molecule has 0 N–H and O–H groups in total. The number of piperidine rings is 1. The van der Waals surface area contributed by atoms with Crippen molar-refractivity contribution in [2.45, 2.75) is 38.8 Å². The number of hydrogen-bond donors (Lipinski definition) is 0. The molecule has 2 heterocycles. The SMILES string of the molecule is COCc1ncc(CN2CCC[C@H](CCc3ccccc3F)C2)cn1. The Hall–Kier alpha value is -1.85. The Morgan fingerprint density at radius 1 is 1.24 bits per heavy atom. The summed E-state index contributed by atoms with van der Waals surface area (Å²) in [6.45, 7) is 3.50. The van der Waals surface area contributed by atoms with Gasteiger partial charge in [0.25, 0.3) is 0 Å². The highest BCUT2D eigenvalue weighted by atomic mass is 19.1. The van der Waals surface area contributed by atoms with Crippen molar-refractivity contribution in [1.82, 2.24) is 14.9 Å². The lowest BCUT2D eigenvalue weighted by Crippen LogP contribution is -2.35. The molecule has 1 atom stereocenters. The van der Waals surface area contributed by atoms with Gasteiger partial charge in [0.1, 0.15) is 12.4 Å². The number of aryl methyl sites for hydroxylation is 1. The van der Waals surface area contributed by atoms with Crippen molar-refractivity contribution in [3.63, 3.8) is 0 Å². The third-order valence-electron chi connectivity index (χ3n) is 4.82. The summed E-state index contributed by atoms with van der Waals surface area (Å²) < 4.78 is 18.8. The van der Waals surface area contributed by atoms with Crippen LogP contribution < -0.4 is 0 Å². The minimum atomic E-state index is -0.0801. The fourth-order valence-corrected chi connectivity index (χ4v) is 3.52. The topological polar surface area (TPSA) is 38.2 Å². The van der Waals surface area contributed by atoms with Gasteiger partial charge in [-0.15, -0.1) is 0 Å². The molecule has 0 unspecified atom stereocenters. The summed E-state index contributed by atoms with van der Waals surface area (Å²) in [6.07, 6.45) is 8.08. The second-order valence-corrected chi connectivity index (χ2v) is 6.81. The molecule has 134 valence electrons. The summed E-state index contributed by atoms with van der Waals surface area (Å²) in [4.78, 5) is 11.1. The number of nitrogens with zero attached hydrogens (tertiary/aromatic N) is 3. The zero-order valence-corrected chi connectivity index (χ0v) is 14.8. The molecule has 4 nitrogen and oxygen atoms in total. The fraction of sp³-hybridized carbons (Fsp3) is 0.500. The van der Waals surface area contributed by atoms with Crippen molar-refractivity contribution < 1.29 is 9.13 Å². The lowest BCUT2D eigenvalue weighted by atomic mass is 9.91. The summed E-state index contributed by atoms with van der Waals surface area (Å²) in [5.74, 6) is 1.26. The second kappa shape index (κ2) is 9.02. The quantitative estimate of drug-likeness (QED) is 0.770. The van der Waals surface area contributed by atoms with Gasteiger partial charge < -0.3 is 4.74 Å². The van der Waals surface area contributed by atoms with Gasteiger partial charge in [-0.25, -0.2) is 14.4 Å². The van der Waals surface area contributed by atoms with E-state index in [0.717, 1.165) is 43.6 Å². The van der Waals surface area contributed by atoms with E-state index in [4.69, 9.17) is 4.74 Å². The number of hydrogen-bond acceptors (Lipinski definition) is 4. The van der Waals surface area contributed by atoms with Crippen LogP contribution in [0.3, 0.4) is 0 Å². The molecule has 1 aromatic carbocycles. The van der Waals surface area contributed by atoms with E-state index in [1.807, 2.05) is 24.5 Å². The van der Waals surface area contributed by atoms with E-state index in [9.17, 15) is 4.39 Å². The van der Waals surface area contributed by atoms with Gasteiger partial charge in [-0.3, -0.25) is 4.90 Å². The lowest BCUT2D eigenvalue weighted by Gasteiger charge is -2.32. The molecule has 5 heteroatoms. The van der Waals surface area contributed by atoms with Gasteiger partial charge >= 0.3 is 0 Å². The number of aromatic nitrogens is 2. The van der Waals surface area contributed by atoms with Crippen LogP contribution >= 0.6 is 0 Å². The molecule has 0 radical (unpaired) electrons. The zero-order chi connectivity index (χ0) is 17.5. The molecule has 1 aliphatic heterocycles. The highest BCUT2D eigenvalue weighted by Gasteiger charge is 2.20. The van der Waals surface area contributed by atoms with Crippen molar-refractivity contribution in [3.05, 3.63) is 59.4 Å². The standard InChI is InChI=1S/C20H26FN3O/c1-25-15-20-22-11-17(12-23-20)14-24-10-4-5-16(13-24)8-9-18-6-2-3-7-19(18)21/h2-3,6-7,11-12,16H,4-5,8-10,13-15H2,1H3/t16-/m1/s1. The third-order valence-corrected chi connectivity index (χ3v) is 4.82. The molecule has 1 fully saturated rings. The van der Waals surface area contributed by atoms with Gasteiger partial charge in [0.05, 0.1) is 0 Å². The Balaban J connectivity index is 1.50. The first-order valence-electron chi connectivity index (χ1n) is 8.99. The van der Waals surface area contributed by atoms with Crippen LogP contribution in [0.1, 0.15) is 36.2 Å². The lowest BCUT2D eigenvalue weighted by molar-refractivity contribution is 0.161. The Morgan fingerprint density at radius 3 is 2.80 bits per heavy atom. The normalized spacial score (nSPS) is 18.4. The number of halogens is 1. The Labute approximate surface area is 149 Å². The van der Waals surface area contributed by atoms with E-state index in [-0.39, 0.29) is 5.82 Å². The third kappa shape index (κ3) is 5.31. The first-order chi connectivity index (χ1) is 12.2. The Kier molecular flexibility index (Phi) is 6.48. The first-order valence-corrected chi connectivity index (χ1v) is 8.99. The minimum absolute atomic E-state index is 0.0801. The van der Waals surface area contributed by atoms with Crippen LogP contribution in [-0.4, -0.2) is 35.1 Å². The van der Waals surface area contributed by atoms with Gasteiger partial charge in [0, 0.05) is 38.2 Å². The molecule has 25 heavy (non-hydrogen) atoms. The smallest absolute Gasteiger partial charge is 0.153 e. The van der Waals surface area contributed by atoms with E-state index >= 15 is 0 Å². The largest absolute Gasteiger partial charge is 0.377 e. The minimum Gasteiger partial charge on any atom is -0.377 e. The highest BCUT2D eigenvalue weighted by molar-refractivity contribution is 5.17. The molecule has 0 bridgehead atoms. The summed E-state index contributed by atoms with van der Waals surface area (Å²) in [6, 6.07) is 7.12. The van der Waals surface area contributed by atoms with Gasteiger partial charge in [-0.1, -0.05) is 18.2 Å². The first kappa shape index (κ1) is 18.0. The molecule has 0 amide bonds. The molecule has 3 rings (SSSR count).